The molecule has 4 heterocycles. The number of amides is 2. The van der Waals surface area contributed by atoms with Crippen LogP contribution in [0.2, 0.25) is 0 Å². The standard InChI is InChI=1S/C18H16N6O2S3/c1-10(25)19-6-12-3-4-15(29-12)13-8-28-18(22-13)23-16(26)14-9-27-17(21-14)11-5-20-24(2)7-11/h3-5,7-9H,6H2,1-2H3,(H,19,25)(H,22,23,26). The molecule has 29 heavy (non-hydrogen) atoms. The van der Waals surface area contributed by atoms with Crippen LogP contribution in [0.15, 0.2) is 35.3 Å². The number of aromatic nitrogens is 4. The maximum atomic E-state index is 12.5. The predicted octanol–water partition coefficient (Wildman–Crippen LogP) is 3.62. The molecule has 0 bridgehead atoms. The van der Waals surface area contributed by atoms with E-state index in [4.69, 9.17) is 0 Å². The lowest BCUT2D eigenvalue weighted by atomic mass is 10.3. The number of anilines is 1. The normalized spacial score (nSPS) is 10.8. The minimum atomic E-state index is -0.296. The van der Waals surface area contributed by atoms with E-state index >= 15 is 0 Å². The van der Waals surface area contributed by atoms with Gasteiger partial charge in [-0.05, 0) is 12.1 Å². The third-order valence-corrected chi connectivity index (χ3v) is 6.60. The van der Waals surface area contributed by atoms with Gasteiger partial charge in [-0.1, -0.05) is 0 Å². The summed E-state index contributed by atoms with van der Waals surface area (Å²) in [5.41, 5.74) is 2.01. The first kappa shape index (κ1) is 19.4. The molecule has 0 aliphatic rings. The number of nitrogens with one attached hydrogen (secondary N) is 2. The Balaban J connectivity index is 1.42. The Kier molecular flexibility index (Phi) is 5.51. The highest BCUT2D eigenvalue weighted by molar-refractivity contribution is 7.17. The molecule has 0 radical (unpaired) electrons. The van der Waals surface area contributed by atoms with E-state index in [1.54, 1.807) is 27.6 Å². The molecule has 2 N–H and O–H groups in total. The van der Waals surface area contributed by atoms with Crippen molar-refractivity contribution in [2.24, 2.45) is 7.05 Å². The van der Waals surface area contributed by atoms with Crippen molar-refractivity contribution in [2.45, 2.75) is 13.5 Å². The van der Waals surface area contributed by atoms with Crippen molar-refractivity contribution in [3.05, 3.63) is 45.9 Å². The van der Waals surface area contributed by atoms with Crippen LogP contribution in [-0.4, -0.2) is 31.6 Å². The van der Waals surface area contributed by atoms with Crippen LogP contribution < -0.4 is 10.6 Å². The van der Waals surface area contributed by atoms with Crippen molar-refractivity contribution in [3.8, 4) is 21.1 Å². The number of hydrogen-bond acceptors (Lipinski definition) is 8. The van der Waals surface area contributed by atoms with Gasteiger partial charge in [0.25, 0.3) is 5.91 Å². The van der Waals surface area contributed by atoms with Crippen molar-refractivity contribution in [1.82, 2.24) is 25.1 Å². The largest absolute Gasteiger partial charge is 0.351 e. The molecule has 4 aromatic rings. The Hall–Kier alpha value is -2.89. The molecule has 0 unspecified atom stereocenters. The molecule has 8 nitrogen and oxygen atoms in total. The van der Waals surface area contributed by atoms with Gasteiger partial charge in [-0.2, -0.15) is 5.10 Å². The summed E-state index contributed by atoms with van der Waals surface area (Å²) < 4.78 is 1.69. The lowest BCUT2D eigenvalue weighted by Gasteiger charge is -1.98. The zero-order valence-corrected chi connectivity index (χ0v) is 18.0. The van der Waals surface area contributed by atoms with E-state index in [0.717, 1.165) is 26.0 Å². The molecule has 0 atom stereocenters. The zero-order chi connectivity index (χ0) is 20.4. The Bertz CT molecular complexity index is 1170. The summed E-state index contributed by atoms with van der Waals surface area (Å²) in [7, 11) is 1.83. The van der Waals surface area contributed by atoms with Gasteiger partial charge in [0.2, 0.25) is 5.91 Å². The second-order valence-corrected chi connectivity index (χ2v) is 8.99. The molecular weight excluding hydrogens is 428 g/mol. The van der Waals surface area contributed by atoms with Crippen molar-refractivity contribution < 1.29 is 9.59 Å². The van der Waals surface area contributed by atoms with Crippen molar-refractivity contribution in [3.63, 3.8) is 0 Å². The Labute approximate surface area is 178 Å². The third-order valence-electron chi connectivity index (χ3n) is 3.84. The van der Waals surface area contributed by atoms with Gasteiger partial charge in [-0.25, -0.2) is 9.97 Å². The number of carbonyl (C=O) groups excluding carboxylic acids is 2. The number of thiophene rings is 1. The van der Waals surface area contributed by atoms with Crippen LogP contribution >= 0.6 is 34.0 Å². The molecular formula is C18H16N6O2S3. The summed E-state index contributed by atoms with van der Waals surface area (Å²) in [4.78, 5) is 34.4. The van der Waals surface area contributed by atoms with Crippen molar-refractivity contribution in [2.75, 3.05) is 5.32 Å². The second-order valence-electron chi connectivity index (χ2n) is 6.11. The number of thiazole rings is 2. The van der Waals surface area contributed by atoms with Gasteiger partial charge in [-0.15, -0.1) is 34.0 Å². The van der Waals surface area contributed by atoms with Crippen molar-refractivity contribution in [1.29, 1.82) is 0 Å². The number of hydrogen-bond donors (Lipinski definition) is 2. The van der Waals surface area contributed by atoms with E-state index in [2.05, 4.69) is 25.7 Å². The van der Waals surface area contributed by atoms with Gasteiger partial charge >= 0.3 is 0 Å². The maximum Gasteiger partial charge on any atom is 0.276 e. The molecule has 4 aromatic heterocycles. The summed E-state index contributed by atoms with van der Waals surface area (Å²) in [5, 5.41) is 14.6. The Morgan fingerprint density at radius 3 is 2.79 bits per heavy atom. The third kappa shape index (κ3) is 4.58. The fraction of sp³-hybridized carbons (Fsp3) is 0.167. The number of aryl methyl sites for hydroxylation is 1. The van der Waals surface area contributed by atoms with Gasteiger partial charge in [0.1, 0.15) is 10.7 Å². The Morgan fingerprint density at radius 2 is 2.03 bits per heavy atom. The highest BCUT2D eigenvalue weighted by Gasteiger charge is 2.15. The molecule has 0 saturated carbocycles. The molecule has 0 aliphatic heterocycles. The summed E-state index contributed by atoms with van der Waals surface area (Å²) in [5.74, 6) is -0.359. The van der Waals surface area contributed by atoms with E-state index < -0.39 is 0 Å². The highest BCUT2D eigenvalue weighted by Crippen LogP contribution is 2.31. The van der Waals surface area contributed by atoms with Crippen molar-refractivity contribution >= 4 is 51.0 Å². The first-order valence-electron chi connectivity index (χ1n) is 8.53. The van der Waals surface area contributed by atoms with Crippen LogP contribution in [0, 0.1) is 0 Å². The van der Waals surface area contributed by atoms with Crippen LogP contribution in [0.25, 0.3) is 21.1 Å². The van der Waals surface area contributed by atoms with E-state index in [1.165, 1.54) is 29.6 Å². The minimum absolute atomic E-state index is 0.0627. The quantitative estimate of drug-likeness (QED) is 0.473. The SMILES string of the molecule is CC(=O)NCc1ccc(-c2csc(NC(=O)c3csc(-c4cnn(C)c4)n3)n2)s1. The minimum Gasteiger partial charge on any atom is -0.351 e. The maximum absolute atomic E-state index is 12.5. The van der Waals surface area contributed by atoms with E-state index in [9.17, 15) is 9.59 Å². The van der Waals surface area contributed by atoms with Crippen LogP contribution in [0.1, 0.15) is 22.3 Å². The molecule has 148 valence electrons. The average Bonchev–Trinajstić information content (AvgIpc) is 3.46. The molecule has 2 amide bonds. The lowest BCUT2D eigenvalue weighted by Crippen LogP contribution is -2.17. The van der Waals surface area contributed by atoms with Crippen LogP contribution in [0.5, 0.6) is 0 Å². The average molecular weight is 445 g/mol. The number of rotatable bonds is 6. The molecule has 0 aromatic carbocycles. The van der Waals surface area contributed by atoms with Gasteiger partial charge < -0.3 is 5.32 Å². The van der Waals surface area contributed by atoms with E-state index in [1.807, 2.05) is 30.8 Å². The number of carbonyl (C=O) groups is 2. The smallest absolute Gasteiger partial charge is 0.276 e. The van der Waals surface area contributed by atoms with Crippen LogP contribution in [-0.2, 0) is 18.4 Å². The zero-order valence-electron chi connectivity index (χ0n) is 15.5. The summed E-state index contributed by atoms with van der Waals surface area (Å²) >= 11 is 4.31. The lowest BCUT2D eigenvalue weighted by molar-refractivity contribution is -0.119. The first-order valence-corrected chi connectivity index (χ1v) is 11.1. The predicted molar refractivity (Wildman–Crippen MR) is 115 cm³/mol. The van der Waals surface area contributed by atoms with Crippen LogP contribution in [0.3, 0.4) is 0 Å². The summed E-state index contributed by atoms with van der Waals surface area (Å²) in [6.45, 7) is 1.99. The monoisotopic (exact) mass is 444 g/mol. The fourth-order valence-corrected chi connectivity index (χ4v) is 4.93. The van der Waals surface area contributed by atoms with Crippen LogP contribution in [0.4, 0.5) is 5.13 Å². The molecule has 4 rings (SSSR count). The molecule has 0 fully saturated rings. The second kappa shape index (κ2) is 8.23. The molecule has 11 heteroatoms. The summed E-state index contributed by atoms with van der Waals surface area (Å²) in [6.07, 6.45) is 3.57. The highest BCUT2D eigenvalue weighted by atomic mass is 32.1. The molecule has 0 saturated heterocycles. The fourth-order valence-electron chi connectivity index (χ4n) is 2.47. The number of nitrogens with zero attached hydrogens (tertiary/aromatic N) is 4. The van der Waals surface area contributed by atoms with Gasteiger partial charge in [0.15, 0.2) is 5.13 Å². The van der Waals surface area contributed by atoms with Gasteiger partial charge in [-0.3, -0.25) is 19.6 Å². The molecule has 0 spiro atoms. The summed E-state index contributed by atoms with van der Waals surface area (Å²) in [6, 6.07) is 3.92. The molecule has 0 aliphatic carbocycles. The van der Waals surface area contributed by atoms with Gasteiger partial charge in [0, 0.05) is 41.4 Å². The Morgan fingerprint density at radius 1 is 1.17 bits per heavy atom. The van der Waals surface area contributed by atoms with Gasteiger partial charge in [0.05, 0.1) is 23.3 Å². The topological polar surface area (TPSA) is 102 Å². The van der Waals surface area contributed by atoms with E-state index in [0.29, 0.717) is 17.4 Å². The van der Waals surface area contributed by atoms with E-state index in [-0.39, 0.29) is 11.8 Å². The first-order chi connectivity index (χ1) is 14.0.